The summed E-state index contributed by atoms with van der Waals surface area (Å²) in [4.78, 5) is 31.4. The summed E-state index contributed by atoms with van der Waals surface area (Å²) in [5.41, 5.74) is 7.69. The largest absolute Gasteiger partial charge is 0.312 e. The van der Waals surface area contributed by atoms with Crippen molar-refractivity contribution in [2.24, 2.45) is 11.7 Å². The van der Waals surface area contributed by atoms with Gasteiger partial charge in [-0.05, 0) is 45.0 Å². The highest BCUT2D eigenvalue weighted by atomic mass is 16.2. The molecule has 1 heterocycles. The molecule has 6 nitrogen and oxygen atoms in total. The zero-order valence-electron chi connectivity index (χ0n) is 15.9. The molecule has 0 aromatic heterocycles. The van der Waals surface area contributed by atoms with Crippen molar-refractivity contribution in [3.05, 3.63) is 24.3 Å². The molecule has 1 aromatic rings. The molecule has 1 aromatic carbocycles. The van der Waals surface area contributed by atoms with E-state index in [2.05, 4.69) is 0 Å². The van der Waals surface area contributed by atoms with Gasteiger partial charge in [-0.3, -0.25) is 9.59 Å². The summed E-state index contributed by atoms with van der Waals surface area (Å²) in [7, 11) is 3.93. The molecular formula is C20H30N4O2. The minimum absolute atomic E-state index is 0.277. The average molecular weight is 358 g/mol. The monoisotopic (exact) mass is 358 g/mol. The summed E-state index contributed by atoms with van der Waals surface area (Å²) in [5.74, 6) is -0.104. The molecule has 0 saturated heterocycles. The summed E-state index contributed by atoms with van der Waals surface area (Å²) >= 11 is 0. The Morgan fingerprint density at radius 2 is 1.58 bits per heavy atom. The smallest absolute Gasteiger partial charge is 0.253 e. The van der Waals surface area contributed by atoms with Crippen molar-refractivity contribution in [3.63, 3.8) is 0 Å². The highest BCUT2D eigenvalue weighted by molar-refractivity contribution is 6.20. The Kier molecular flexibility index (Phi) is 5.94. The fourth-order valence-electron chi connectivity index (χ4n) is 3.95. The number of nitrogens with zero attached hydrogens (tertiary/aromatic N) is 3. The Bertz CT molecular complexity index is 655. The fourth-order valence-corrected chi connectivity index (χ4v) is 3.95. The molecule has 1 atom stereocenters. The van der Waals surface area contributed by atoms with Crippen LogP contribution < -0.4 is 15.5 Å². The van der Waals surface area contributed by atoms with Gasteiger partial charge in [0.05, 0.1) is 11.4 Å². The number of hydrogen-bond acceptors (Lipinski definition) is 4. The molecule has 142 valence electrons. The number of amides is 2. The molecule has 2 N–H and O–H groups in total. The minimum atomic E-state index is -1.13. The normalized spacial score (nSPS) is 21.9. The van der Waals surface area contributed by atoms with Gasteiger partial charge in [0, 0.05) is 19.6 Å². The third kappa shape index (κ3) is 3.91. The fraction of sp³-hybridized carbons (Fsp3) is 0.600. The summed E-state index contributed by atoms with van der Waals surface area (Å²) in [6, 6.07) is 6.56. The number of rotatable bonds is 5. The van der Waals surface area contributed by atoms with Crippen molar-refractivity contribution in [2.75, 3.05) is 43.5 Å². The van der Waals surface area contributed by atoms with Crippen molar-refractivity contribution in [1.82, 2.24) is 4.90 Å². The summed E-state index contributed by atoms with van der Waals surface area (Å²) < 4.78 is 0. The molecule has 2 amide bonds. The quantitative estimate of drug-likeness (QED) is 0.816. The van der Waals surface area contributed by atoms with Crippen LogP contribution in [0.25, 0.3) is 0 Å². The zero-order valence-corrected chi connectivity index (χ0v) is 15.9. The lowest BCUT2D eigenvalue weighted by Gasteiger charge is -2.30. The lowest BCUT2D eigenvalue weighted by Crippen LogP contribution is -2.52. The van der Waals surface area contributed by atoms with E-state index in [4.69, 9.17) is 5.73 Å². The number of benzene rings is 1. The Morgan fingerprint density at radius 3 is 2.19 bits per heavy atom. The van der Waals surface area contributed by atoms with Gasteiger partial charge in [-0.15, -0.1) is 0 Å². The van der Waals surface area contributed by atoms with Crippen molar-refractivity contribution in [2.45, 2.75) is 38.1 Å². The molecule has 2 aliphatic rings. The van der Waals surface area contributed by atoms with Crippen LogP contribution in [0, 0.1) is 5.92 Å². The predicted octanol–water partition coefficient (Wildman–Crippen LogP) is 1.84. The van der Waals surface area contributed by atoms with Crippen LogP contribution in [0.4, 0.5) is 11.4 Å². The molecule has 1 unspecified atom stereocenters. The number of fused-ring (bicyclic) bond motifs is 1. The first kappa shape index (κ1) is 18.9. The van der Waals surface area contributed by atoms with Crippen LogP contribution in [-0.4, -0.2) is 56.5 Å². The topological polar surface area (TPSA) is 69.9 Å². The molecule has 0 bridgehead atoms. The van der Waals surface area contributed by atoms with Crippen LogP contribution in [0.2, 0.25) is 0 Å². The van der Waals surface area contributed by atoms with Crippen molar-refractivity contribution in [1.29, 1.82) is 0 Å². The molecule has 1 aliphatic heterocycles. The van der Waals surface area contributed by atoms with Crippen molar-refractivity contribution < 1.29 is 9.59 Å². The van der Waals surface area contributed by atoms with E-state index in [1.54, 1.807) is 9.80 Å². The molecule has 3 rings (SSSR count). The second kappa shape index (κ2) is 8.18. The van der Waals surface area contributed by atoms with E-state index in [-0.39, 0.29) is 11.8 Å². The van der Waals surface area contributed by atoms with E-state index in [0.29, 0.717) is 25.6 Å². The van der Waals surface area contributed by atoms with Gasteiger partial charge < -0.3 is 20.4 Å². The third-order valence-corrected chi connectivity index (χ3v) is 5.46. The number of anilines is 2. The summed E-state index contributed by atoms with van der Waals surface area (Å²) in [5, 5.41) is 0. The van der Waals surface area contributed by atoms with Crippen molar-refractivity contribution in [3.8, 4) is 0 Å². The molecule has 6 heteroatoms. The summed E-state index contributed by atoms with van der Waals surface area (Å²) in [6.07, 6.45) is 5.98. The molecule has 0 radical (unpaired) electrons. The van der Waals surface area contributed by atoms with Gasteiger partial charge >= 0.3 is 0 Å². The second-order valence-corrected chi connectivity index (χ2v) is 7.71. The minimum Gasteiger partial charge on any atom is -0.312 e. The Hall–Kier alpha value is -1.92. The zero-order chi connectivity index (χ0) is 18.7. The Labute approximate surface area is 155 Å². The van der Waals surface area contributed by atoms with E-state index >= 15 is 0 Å². The first-order valence-corrected chi connectivity index (χ1v) is 9.61. The molecule has 1 fully saturated rings. The predicted molar refractivity (Wildman–Crippen MR) is 104 cm³/mol. The maximum absolute atomic E-state index is 13.0. The SMILES string of the molecule is CN(C)CCN1C(=O)C(N)C(=O)N(CC2CCCCC2)c2ccccc21. The Balaban J connectivity index is 1.94. The van der Waals surface area contributed by atoms with E-state index in [0.717, 1.165) is 24.2 Å². The first-order valence-electron chi connectivity index (χ1n) is 9.61. The number of para-hydroxylation sites is 2. The highest BCUT2D eigenvalue weighted by Gasteiger charge is 2.38. The molecule has 26 heavy (non-hydrogen) atoms. The molecule has 1 saturated carbocycles. The van der Waals surface area contributed by atoms with Crippen LogP contribution in [0.1, 0.15) is 32.1 Å². The second-order valence-electron chi connectivity index (χ2n) is 7.71. The number of likely N-dealkylation sites (N-methyl/N-ethyl adjacent to an activating group) is 1. The van der Waals surface area contributed by atoms with Gasteiger partial charge in [0.1, 0.15) is 0 Å². The number of nitrogens with two attached hydrogens (primary N) is 1. The summed E-state index contributed by atoms with van der Waals surface area (Å²) in [6.45, 7) is 1.88. The van der Waals surface area contributed by atoms with E-state index < -0.39 is 6.04 Å². The van der Waals surface area contributed by atoms with E-state index in [1.807, 2.05) is 43.3 Å². The van der Waals surface area contributed by atoms with Crippen LogP contribution in [0.15, 0.2) is 24.3 Å². The maximum Gasteiger partial charge on any atom is 0.253 e. The highest BCUT2D eigenvalue weighted by Crippen LogP contribution is 2.35. The van der Waals surface area contributed by atoms with Gasteiger partial charge in [-0.1, -0.05) is 31.4 Å². The number of hydrogen-bond donors (Lipinski definition) is 1. The first-order chi connectivity index (χ1) is 12.5. The van der Waals surface area contributed by atoms with Gasteiger partial charge in [0.15, 0.2) is 6.04 Å². The van der Waals surface area contributed by atoms with Gasteiger partial charge in [-0.25, -0.2) is 0 Å². The van der Waals surface area contributed by atoms with Crippen molar-refractivity contribution >= 4 is 23.2 Å². The average Bonchev–Trinajstić information content (AvgIpc) is 2.72. The van der Waals surface area contributed by atoms with Gasteiger partial charge in [0.2, 0.25) is 0 Å². The number of carbonyl (C=O) groups is 2. The van der Waals surface area contributed by atoms with Crippen LogP contribution in [-0.2, 0) is 9.59 Å². The number of carbonyl (C=O) groups excluding carboxylic acids is 2. The van der Waals surface area contributed by atoms with Crippen LogP contribution in [0.5, 0.6) is 0 Å². The standard InChI is InChI=1S/C20H30N4O2/c1-22(2)12-13-23-16-10-6-7-11-17(16)24(20(26)18(21)19(23)25)14-15-8-4-3-5-9-15/h6-7,10-11,15,18H,3-5,8-9,12-14,21H2,1-2H3. The molecule has 1 aliphatic carbocycles. The van der Waals surface area contributed by atoms with Crippen LogP contribution in [0.3, 0.4) is 0 Å². The molecular weight excluding hydrogens is 328 g/mol. The Morgan fingerprint density at radius 1 is 1.00 bits per heavy atom. The molecule has 0 spiro atoms. The van der Waals surface area contributed by atoms with Crippen LogP contribution >= 0.6 is 0 Å². The third-order valence-electron chi connectivity index (χ3n) is 5.46. The lowest BCUT2D eigenvalue weighted by atomic mass is 9.88. The van der Waals surface area contributed by atoms with E-state index in [9.17, 15) is 9.59 Å². The van der Waals surface area contributed by atoms with Gasteiger partial charge in [-0.2, -0.15) is 0 Å². The van der Waals surface area contributed by atoms with E-state index in [1.165, 1.54) is 19.3 Å². The van der Waals surface area contributed by atoms with Gasteiger partial charge in [0.25, 0.3) is 11.8 Å². The maximum atomic E-state index is 13.0. The lowest BCUT2D eigenvalue weighted by molar-refractivity contribution is -0.128.